The van der Waals surface area contributed by atoms with E-state index in [1.54, 1.807) is 18.2 Å². The van der Waals surface area contributed by atoms with Gasteiger partial charge in [0, 0.05) is 25.2 Å². The van der Waals surface area contributed by atoms with Crippen molar-refractivity contribution in [2.45, 2.75) is 6.54 Å². The maximum atomic E-state index is 13.0. The predicted octanol–water partition coefficient (Wildman–Crippen LogP) is 3.75. The third kappa shape index (κ3) is 4.21. The largest absolute Gasteiger partial charge is 0.508 e. The minimum atomic E-state index is -0.0734. The van der Waals surface area contributed by atoms with E-state index in [2.05, 4.69) is 29.2 Å². The molecule has 0 heterocycles. The van der Waals surface area contributed by atoms with Gasteiger partial charge in [-0.3, -0.25) is 4.79 Å². The van der Waals surface area contributed by atoms with Gasteiger partial charge in [0.05, 0.1) is 0 Å². The number of rotatable bonds is 6. The lowest BCUT2D eigenvalue weighted by Crippen LogP contribution is -2.36. The monoisotopic (exact) mass is 348 g/mol. The van der Waals surface area contributed by atoms with E-state index in [9.17, 15) is 9.90 Å². The van der Waals surface area contributed by atoms with Gasteiger partial charge in [-0.25, -0.2) is 0 Å². The zero-order chi connectivity index (χ0) is 18.5. The van der Waals surface area contributed by atoms with Gasteiger partial charge in [-0.05, 0) is 48.6 Å². The number of hydrogen-bond acceptors (Lipinski definition) is 3. The van der Waals surface area contributed by atoms with Crippen LogP contribution in [0.2, 0.25) is 0 Å². The summed E-state index contributed by atoms with van der Waals surface area (Å²) in [6.07, 6.45) is 0. The van der Waals surface area contributed by atoms with Gasteiger partial charge in [0.2, 0.25) is 0 Å². The molecule has 0 bridgehead atoms. The lowest BCUT2D eigenvalue weighted by Gasteiger charge is -2.25. The van der Waals surface area contributed by atoms with Crippen molar-refractivity contribution < 1.29 is 9.90 Å². The van der Waals surface area contributed by atoms with Gasteiger partial charge in [0.25, 0.3) is 5.91 Å². The molecule has 1 amide bonds. The molecule has 134 valence electrons. The molecule has 0 aromatic heterocycles. The highest BCUT2D eigenvalue weighted by Gasteiger charge is 2.17. The summed E-state index contributed by atoms with van der Waals surface area (Å²) in [5.74, 6) is 0.0317. The standard InChI is InChI=1S/C22H24N2O2/c1-23(2)13-14-24(22(26)18-9-6-11-20(25)15-18)16-19-10-5-8-17-7-3-4-12-21(17)19/h3-12,15,25H,13-14,16H2,1-2H3. The van der Waals surface area contributed by atoms with Gasteiger partial charge in [0.1, 0.15) is 5.75 Å². The van der Waals surface area contributed by atoms with E-state index in [0.29, 0.717) is 18.7 Å². The van der Waals surface area contributed by atoms with Gasteiger partial charge >= 0.3 is 0 Å². The Balaban J connectivity index is 1.91. The lowest BCUT2D eigenvalue weighted by atomic mass is 10.0. The number of amides is 1. The Morgan fingerprint density at radius 2 is 1.65 bits per heavy atom. The molecule has 0 saturated carbocycles. The molecule has 4 nitrogen and oxygen atoms in total. The Morgan fingerprint density at radius 3 is 2.42 bits per heavy atom. The van der Waals surface area contributed by atoms with E-state index in [4.69, 9.17) is 0 Å². The summed E-state index contributed by atoms with van der Waals surface area (Å²) < 4.78 is 0. The second-order valence-corrected chi connectivity index (χ2v) is 6.72. The molecule has 1 N–H and O–H groups in total. The topological polar surface area (TPSA) is 43.8 Å². The van der Waals surface area contributed by atoms with Crippen molar-refractivity contribution >= 4 is 16.7 Å². The summed E-state index contributed by atoms with van der Waals surface area (Å²) in [4.78, 5) is 17.0. The van der Waals surface area contributed by atoms with E-state index in [0.717, 1.165) is 17.5 Å². The van der Waals surface area contributed by atoms with Crippen molar-refractivity contribution in [3.63, 3.8) is 0 Å². The smallest absolute Gasteiger partial charge is 0.254 e. The molecule has 0 aliphatic heterocycles. The van der Waals surface area contributed by atoms with Crippen LogP contribution in [0.3, 0.4) is 0 Å². The zero-order valence-corrected chi connectivity index (χ0v) is 15.2. The summed E-state index contributed by atoms with van der Waals surface area (Å²) in [6, 6.07) is 20.9. The number of benzene rings is 3. The van der Waals surface area contributed by atoms with Crippen LogP contribution in [0.4, 0.5) is 0 Å². The fourth-order valence-electron chi connectivity index (χ4n) is 3.03. The first-order chi connectivity index (χ1) is 12.5. The van der Waals surface area contributed by atoms with Gasteiger partial charge in [-0.15, -0.1) is 0 Å². The highest BCUT2D eigenvalue weighted by Crippen LogP contribution is 2.21. The molecule has 3 rings (SSSR count). The minimum Gasteiger partial charge on any atom is -0.508 e. The Bertz CT molecular complexity index is 900. The summed E-state index contributed by atoms with van der Waals surface area (Å²) in [7, 11) is 3.99. The number of nitrogens with zero attached hydrogens (tertiary/aromatic N) is 2. The molecule has 0 atom stereocenters. The molecule has 0 unspecified atom stereocenters. The molecular formula is C22H24N2O2. The summed E-state index contributed by atoms with van der Waals surface area (Å²) >= 11 is 0. The van der Waals surface area contributed by atoms with Crippen molar-refractivity contribution in [3.05, 3.63) is 77.9 Å². The number of likely N-dealkylation sites (N-methyl/N-ethyl adjacent to an activating group) is 1. The first-order valence-electron chi connectivity index (χ1n) is 8.74. The normalized spacial score (nSPS) is 11.0. The lowest BCUT2D eigenvalue weighted by molar-refractivity contribution is 0.0732. The van der Waals surface area contributed by atoms with E-state index >= 15 is 0 Å². The van der Waals surface area contributed by atoms with Crippen LogP contribution in [-0.4, -0.2) is 48.0 Å². The van der Waals surface area contributed by atoms with Crippen LogP contribution in [0.5, 0.6) is 5.75 Å². The number of phenols is 1. The number of fused-ring (bicyclic) bond motifs is 1. The highest BCUT2D eigenvalue weighted by atomic mass is 16.3. The van der Waals surface area contributed by atoms with Crippen LogP contribution >= 0.6 is 0 Å². The van der Waals surface area contributed by atoms with Crippen molar-refractivity contribution in [2.75, 3.05) is 27.2 Å². The number of carbonyl (C=O) groups is 1. The third-order valence-electron chi connectivity index (χ3n) is 4.44. The first kappa shape index (κ1) is 18.0. The Hall–Kier alpha value is -2.85. The predicted molar refractivity (Wildman–Crippen MR) is 105 cm³/mol. The molecule has 0 fully saturated rings. The number of carbonyl (C=O) groups excluding carboxylic acids is 1. The molecule has 0 radical (unpaired) electrons. The van der Waals surface area contributed by atoms with Gasteiger partial charge in [-0.1, -0.05) is 48.5 Å². The van der Waals surface area contributed by atoms with Crippen molar-refractivity contribution in [1.29, 1.82) is 0 Å². The second kappa shape index (κ2) is 8.02. The average molecular weight is 348 g/mol. The van der Waals surface area contributed by atoms with Gasteiger partial charge in [-0.2, -0.15) is 0 Å². The van der Waals surface area contributed by atoms with Crippen LogP contribution in [0.1, 0.15) is 15.9 Å². The van der Waals surface area contributed by atoms with Crippen molar-refractivity contribution in [1.82, 2.24) is 9.80 Å². The Morgan fingerprint density at radius 1 is 0.923 bits per heavy atom. The SMILES string of the molecule is CN(C)CCN(Cc1cccc2ccccc12)C(=O)c1cccc(O)c1. The fourth-order valence-corrected chi connectivity index (χ4v) is 3.03. The summed E-state index contributed by atoms with van der Waals surface area (Å²) in [6.45, 7) is 1.92. The summed E-state index contributed by atoms with van der Waals surface area (Å²) in [5.41, 5.74) is 1.62. The third-order valence-corrected chi connectivity index (χ3v) is 4.44. The highest BCUT2D eigenvalue weighted by molar-refractivity contribution is 5.95. The first-order valence-corrected chi connectivity index (χ1v) is 8.74. The summed E-state index contributed by atoms with van der Waals surface area (Å²) in [5, 5.41) is 12.0. The van der Waals surface area contributed by atoms with Crippen LogP contribution in [-0.2, 0) is 6.54 Å². The van der Waals surface area contributed by atoms with Crippen LogP contribution in [0, 0.1) is 0 Å². The molecule has 3 aromatic carbocycles. The fraction of sp³-hybridized carbons (Fsp3) is 0.227. The average Bonchev–Trinajstić information content (AvgIpc) is 2.64. The quantitative estimate of drug-likeness (QED) is 0.738. The van der Waals surface area contributed by atoms with Gasteiger partial charge < -0.3 is 14.9 Å². The van der Waals surface area contributed by atoms with Crippen LogP contribution < -0.4 is 0 Å². The number of hydrogen-bond donors (Lipinski definition) is 1. The second-order valence-electron chi connectivity index (χ2n) is 6.72. The molecule has 0 aliphatic carbocycles. The van der Waals surface area contributed by atoms with E-state index < -0.39 is 0 Å². The molecule has 0 saturated heterocycles. The van der Waals surface area contributed by atoms with Crippen LogP contribution in [0.25, 0.3) is 10.8 Å². The number of aromatic hydroxyl groups is 1. The molecule has 4 heteroatoms. The van der Waals surface area contributed by atoms with E-state index in [1.807, 2.05) is 37.2 Å². The minimum absolute atomic E-state index is 0.0734. The van der Waals surface area contributed by atoms with Crippen LogP contribution in [0.15, 0.2) is 66.7 Å². The molecule has 0 spiro atoms. The molecule has 0 aliphatic rings. The van der Waals surface area contributed by atoms with E-state index in [-0.39, 0.29) is 11.7 Å². The maximum Gasteiger partial charge on any atom is 0.254 e. The van der Waals surface area contributed by atoms with Crippen molar-refractivity contribution in [2.24, 2.45) is 0 Å². The van der Waals surface area contributed by atoms with E-state index in [1.165, 1.54) is 11.5 Å². The molecular weight excluding hydrogens is 324 g/mol. The van der Waals surface area contributed by atoms with Gasteiger partial charge in [0.15, 0.2) is 0 Å². The Labute approximate surface area is 154 Å². The zero-order valence-electron chi connectivity index (χ0n) is 15.2. The number of phenolic OH excluding ortho intramolecular Hbond substituents is 1. The molecule has 26 heavy (non-hydrogen) atoms. The maximum absolute atomic E-state index is 13.0. The Kier molecular flexibility index (Phi) is 5.54. The van der Waals surface area contributed by atoms with Crippen molar-refractivity contribution in [3.8, 4) is 5.75 Å². The molecule has 3 aromatic rings.